The molecule has 5 rings (SSSR count). The zero-order chi connectivity index (χ0) is 30.1. The van der Waals surface area contributed by atoms with E-state index < -0.39 is 38.4 Å². The van der Waals surface area contributed by atoms with Gasteiger partial charge in [0.2, 0.25) is 0 Å². The number of nitrogens with zero attached hydrogens (tertiary/aromatic N) is 4. The number of rotatable bonds is 5. The molecule has 1 aromatic heterocycles. The molecule has 9 heteroatoms. The number of carbonyl (C=O) groups excluding carboxylic acids is 1. The number of hydrogen-bond donors (Lipinski definition) is 0. The summed E-state index contributed by atoms with van der Waals surface area (Å²) >= 11 is 0. The molecule has 1 heterocycles. The van der Waals surface area contributed by atoms with Gasteiger partial charge in [-0.15, -0.1) is 6.58 Å². The first-order valence-corrected chi connectivity index (χ1v) is 15.1. The topological polar surface area (TPSA) is 114 Å². The van der Waals surface area contributed by atoms with E-state index in [4.69, 9.17) is 4.74 Å². The molecule has 2 aromatic carbocycles. The summed E-state index contributed by atoms with van der Waals surface area (Å²) in [5, 5.41) is 5.09. The fourth-order valence-corrected chi connectivity index (χ4v) is 7.55. The number of ether oxygens (including phenoxy) is 1. The number of aromatic nitrogens is 1. The second kappa shape index (κ2) is 9.36. The van der Waals surface area contributed by atoms with Gasteiger partial charge < -0.3 is 4.74 Å². The van der Waals surface area contributed by atoms with Crippen molar-refractivity contribution in [1.82, 2.24) is 3.97 Å². The Morgan fingerprint density at radius 1 is 1.17 bits per heavy atom. The summed E-state index contributed by atoms with van der Waals surface area (Å²) in [6.45, 7) is 17.4. The lowest BCUT2D eigenvalue weighted by Gasteiger charge is -2.50. The average molecular weight is 573 g/mol. The highest BCUT2D eigenvalue weighted by molar-refractivity contribution is 7.90. The van der Waals surface area contributed by atoms with Gasteiger partial charge in [-0.2, -0.15) is 0 Å². The van der Waals surface area contributed by atoms with Crippen LogP contribution in [-0.4, -0.2) is 30.5 Å². The molecular formula is C32H36N4O4S. The van der Waals surface area contributed by atoms with Crippen LogP contribution in [0.3, 0.4) is 0 Å². The number of aryl methyl sites for hydroxylation is 1. The van der Waals surface area contributed by atoms with Crippen molar-refractivity contribution < 1.29 is 17.9 Å². The van der Waals surface area contributed by atoms with E-state index in [0.717, 1.165) is 27.7 Å². The highest BCUT2D eigenvalue weighted by Gasteiger charge is 2.53. The molecule has 0 spiro atoms. The molecule has 8 nitrogen and oxygen atoms in total. The number of hydrogen-bond acceptors (Lipinski definition) is 5. The van der Waals surface area contributed by atoms with Gasteiger partial charge in [0, 0.05) is 39.3 Å². The van der Waals surface area contributed by atoms with E-state index in [1.165, 1.54) is 3.97 Å². The molecule has 3 atom stereocenters. The molecule has 0 radical (unpaired) electrons. The first-order chi connectivity index (χ1) is 19.1. The van der Waals surface area contributed by atoms with E-state index in [1.54, 1.807) is 57.3 Å². The third-order valence-corrected chi connectivity index (χ3v) is 10.5. The summed E-state index contributed by atoms with van der Waals surface area (Å²) in [6.07, 6.45) is 3.09. The van der Waals surface area contributed by atoms with E-state index in [9.17, 15) is 18.7 Å². The van der Waals surface area contributed by atoms with E-state index in [0.29, 0.717) is 17.5 Å². The molecule has 214 valence electrons. The minimum atomic E-state index is -3.94. The van der Waals surface area contributed by atoms with Crippen molar-refractivity contribution in [3.05, 3.63) is 94.0 Å². The van der Waals surface area contributed by atoms with Crippen LogP contribution in [0.25, 0.3) is 26.9 Å². The Kier molecular flexibility index (Phi) is 6.56. The fraction of sp³-hybridized carbons (Fsp3) is 0.406. The third kappa shape index (κ3) is 4.21. The van der Waals surface area contributed by atoms with Crippen LogP contribution in [0.4, 0.5) is 0 Å². The van der Waals surface area contributed by atoms with Crippen molar-refractivity contribution in [3.8, 4) is 0 Å². The third-order valence-electron chi connectivity index (χ3n) is 8.83. The summed E-state index contributed by atoms with van der Waals surface area (Å²) < 4.78 is 35.5. The molecular weight excluding hydrogens is 536 g/mol. The second-order valence-corrected chi connectivity index (χ2v) is 14.7. The molecule has 0 fully saturated rings. The zero-order valence-electron chi connectivity index (χ0n) is 24.6. The molecule has 2 aliphatic rings. The Morgan fingerprint density at radius 3 is 2.41 bits per heavy atom. The largest absolute Gasteiger partial charge is 0.461 e. The predicted octanol–water partition coefficient (Wildman–Crippen LogP) is 7.46. The number of esters is 1. The average Bonchev–Trinajstić information content (AvgIpc) is 3.30. The lowest BCUT2D eigenvalue weighted by Crippen LogP contribution is -2.50. The lowest BCUT2D eigenvalue weighted by molar-refractivity contribution is -0.164. The minimum absolute atomic E-state index is 0.185. The van der Waals surface area contributed by atoms with E-state index in [2.05, 4.69) is 30.5 Å². The quantitative estimate of drug-likeness (QED) is 0.104. The van der Waals surface area contributed by atoms with Gasteiger partial charge >= 0.3 is 5.97 Å². The Morgan fingerprint density at radius 2 is 1.83 bits per heavy atom. The highest BCUT2D eigenvalue weighted by atomic mass is 32.2. The Hall–Kier alpha value is -3.81. The molecule has 0 bridgehead atoms. The normalized spacial score (nSPS) is 23.5. The van der Waals surface area contributed by atoms with Gasteiger partial charge in [0.05, 0.1) is 21.9 Å². The smallest absolute Gasteiger partial charge is 0.311 e. The van der Waals surface area contributed by atoms with Crippen molar-refractivity contribution in [2.24, 2.45) is 15.9 Å². The summed E-state index contributed by atoms with van der Waals surface area (Å²) in [5.41, 5.74) is 12.4. The Labute approximate surface area is 241 Å². The number of azide groups is 1. The molecule has 0 unspecified atom stereocenters. The minimum Gasteiger partial charge on any atom is -0.461 e. The van der Waals surface area contributed by atoms with Gasteiger partial charge in [0.15, 0.2) is 0 Å². The van der Waals surface area contributed by atoms with Gasteiger partial charge in [-0.05, 0) is 62.6 Å². The number of carbonyl (C=O) groups is 1. The maximum absolute atomic E-state index is 14.0. The van der Waals surface area contributed by atoms with E-state index in [1.807, 2.05) is 32.0 Å². The van der Waals surface area contributed by atoms with Crippen LogP contribution in [0.5, 0.6) is 0 Å². The van der Waals surface area contributed by atoms with Crippen molar-refractivity contribution in [2.45, 2.75) is 77.3 Å². The van der Waals surface area contributed by atoms with E-state index in [-0.39, 0.29) is 10.9 Å². The van der Waals surface area contributed by atoms with Crippen LogP contribution in [0.15, 0.2) is 76.9 Å². The SMILES string of the molecule is C=C[C@@]1(C)[C@H](OC(=O)C(C)(C)C)CC2=C(c3cn(S(=O)(=O)c4ccc(C)cc4)c4cccc(c34)C2(C)C)[C@@H]1N=[N+]=[N-]. The van der Waals surface area contributed by atoms with Gasteiger partial charge in [0.25, 0.3) is 10.0 Å². The fourth-order valence-electron chi connectivity index (χ4n) is 6.19. The molecule has 0 N–H and O–H groups in total. The van der Waals surface area contributed by atoms with Crippen LogP contribution in [0, 0.1) is 17.8 Å². The molecule has 3 aromatic rings. The molecule has 0 saturated carbocycles. The van der Waals surface area contributed by atoms with E-state index >= 15 is 0 Å². The predicted molar refractivity (Wildman–Crippen MR) is 161 cm³/mol. The molecule has 0 amide bonds. The summed E-state index contributed by atoms with van der Waals surface area (Å²) in [7, 11) is -3.94. The molecule has 0 saturated heterocycles. The monoisotopic (exact) mass is 572 g/mol. The van der Waals surface area contributed by atoms with Crippen LogP contribution in [-0.2, 0) is 25.0 Å². The van der Waals surface area contributed by atoms with Gasteiger partial charge in [0.1, 0.15) is 6.10 Å². The Bertz CT molecular complexity index is 1790. The van der Waals surface area contributed by atoms with Gasteiger partial charge in [-0.1, -0.05) is 67.4 Å². The maximum atomic E-state index is 14.0. The van der Waals surface area contributed by atoms with Crippen LogP contribution in [0.2, 0.25) is 0 Å². The number of benzene rings is 2. The number of fused-ring (bicyclic) bond motifs is 1. The first-order valence-electron chi connectivity index (χ1n) is 13.7. The van der Waals surface area contributed by atoms with Crippen LogP contribution >= 0.6 is 0 Å². The Balaban J connectivity index is 1.81. The van der Waals surface area contributed by atoms with Crippen molar-refractivity contribution >= 4 is 32.5 Å². The molecule has 2 aliphatic carbocycles. The van der Waals surface area contributed by atoms with Gasteiger partial charge in [-0.3, -0.25) is 4.79 Å². The first kappa shape index (κ1) is 28.7. The molecule has 0 aliphatic heterocycles. The van der Waals surface area contributed by atoms with Gasteiger partial charge in [-0.25, -0.2) is 12.4 Å². The van der Waals surface area contributed by atoms with Crippen LogP contribution in [0.1, 0.15) is 64.7 Å². The lowest BCUT2D eigenvalue weighted by atomic mass is 9.58. The summed E-state index contributed by atoms with van der Waals surface area (Å²) in [5.74, 6) is -0.355. The van der Waals surface area contributed by atoms with Crippen molar-refractivity contribution in [1.29, 1.82) is 0 Å². The zero-order valence-corrected chi connectivity index (χ0v) is 25.4. The van der Waals surface area contributed by atoms with Crippen molar-refractivity contribution in [2.75, 3.05) is 0 Å². The molecule has 41 heavy (non-hydrogen) atoms. The summed E-state index contributed by atoms with van der Waals surface area (Å²) in [4.78, 5) is 16.5. The standard InChI is InChI=1S/C32H36N4O4S/c1-9-32(8)25(40-29(37)30(3,4)5)17-23-27(28(32)34-35-33)21-18-36(41(38,39)20-15-13-19(2)14-16-20)24-12-10-11-22(26(21)24)31(23,6)7/h9-16,18,25,28H,1,17H2,2-8H3/t25-,28+,32+/m1/s1. The second-order valence-electron chi connectivity index (χ2n) is 12.9. The maximum Gasteiger partial charge on any atom is 0.311 e. The summed E-state index contributed by atoms with van der Waals surface area (Å²) in [6, 6.07) is 11.7. The van der Waals surface area contributed by atoms with Crippen molar-refractivity contribution in [3.63, 3.8) is 0 Å². The van der Waals surface area contributed by atoms with Crippen LogP contribution < -0.4 is 0 Å². The highest BCUT2D eigenvalue weighted by Crippen LogP contribution is 2.57.